The molecule has 2 aliphatic rings. The third kappa shape index (κ3) is 6.69. The van der Waals surface area contributed by atoms with Crippen LogP contribution in [0.3, 0.4) is 0 Å². The van der Waals surface area contributed by atoms with Gasteiger partial charge in [0.05, 0.1) is 11.5 Å². The smallest absolute Gasteiger partial charge is 0.534 e. The van der Waals surface area contributed by atoms with Gasteiger partial charge in [-0.3, -0.25) is 4.79 Å². The number of benzene rings is 1. The Kier molecular flexibility index (Phi) is 8.74. The fraction of sp³-hybridized carbons (Fsp3) is 0.636. The highest BCUT2D eigenvalue weighted by Crippen LogP contribution is 2.31. The highest BCUT2D eigenvalue weighted by Gasteiger charge is 2.38. The summed E-state index contributed by atoms with van der Waals surface area (Å²) in [6.07, 6.45) is 6.11. The predicted octanol–water partition coefficient (Wildman–Crippen LogP) is 1.36. The number of carboxylic acids is 1. The summed E-state index contributed by atoms with van der Waals surface area (Å²) in [4.78, 5) is 23.9. The van der Waals surface area contributed by atoms with E-state index in [4.69, 9.17) is 4.65 Å². The maximum absolute atomic E-state index is 12.6. The van der Waals surface area contributed by atoms with Crippen molar-refractivity contribution >= 4 is 19.0 Å². The van der Waals surface area contributed by atoms with Gasteiger partial charge in [0, 0.05) is 25.6 Å². The van der Waals surface area contributed by atoms with E-state index in [1.807, 2.05) is 0 Å². The van der Waals surface area contributed by atoms with Gasteiger partial charge < -0.3 is 30.7 Å². The molecule has 1 saturated carbocycles. The molecule has 5 N–H and O–H groups in total. The van der Waals surface area contributed by atoms with Crippen LogP contribution in [0.5, 0.6) is 5.75 Å². The summed E-state index contributed by atoms with van der Waals surface area (Å²) < 4.78 is 5.45. The maximum atomic E-state index is 12.6. The molecule has 0 unspecified atom stereocenters. The molecule has 8 nitrogen and oxygen atoms in total. The Labute approximate surface area is 184 Å². The number of carbonyl (C=O) groups excluding carboxylic acids is 1. The summed E-state index contributed by atoms with van der Waals surface area (Å²) in [7, 11) is -1.27. The Morgan fingerprint density at radius 1 is 1.16 bits per heavy atom. The molecule has 1 aliphatic carbocycles. The quantitative estimate of drug-likeness (QED) is 0.280. The number of para-hydroxylation sites is 1. The summed E-state index contributed by atoms with van der Waals surface area (Å²) in [6, 6.07) is 5.38. The Morgan fingerprint density at radius 3 is 2.65 bits per heavy atom. The van der Waals surface area contributed by atoms with Crippen molar-refractivity contribution in [1.29, 1.82) is 0 Å². The molecule has 0 radical (unpaired) electrons. The van der Waals surface area contributed by atoms with Crippen molar-refractivity contribution in [2.75, 3.05) is 19.6 Å². The van der Waals surface area contributed by atoms with Crippen LogP contribution in [0.2, 0.25) is 0 Å². The highest BCUT2D eigenvalue weighted by molar-refractivity contribution is 6.47. The number of hydrogen-bond donors (Lipinski definition) is 5. The zero-order valence-corrected chi connectivity index (χ0v) is 18.2. The minimum atomic E-state index is -1.27. The van der Waals surface area contributed by atoms with Crippen molar-refractivity contribution in [2.24, 2.45) is 5.92 Å². The summed E-state index contributed by atoms with van der Waals surface area (Å²) in [5.74, 6) is -1.25. The van der Waals surface area contributed by atoms with Gasteiger partial charge in [-0.05, 0) is 62.6 Å². The Balaban J connectivity index is 1.41. The normalized spacial score (nSPS) is 23.0. The van der Waals surface area contributed by atoms with Crippen LogP contribution in [0.15, 0.2) is 18.2 Å². The molecule has 9 heteroatoms. The molecule has 3 rings (SSSR count). The second-order valence-electron chi connectivity index (χ2n) is 8.61. The fourth-order valence-corrected chi connectivity index (χ4v) is 4.48. The number of carboxylic acid groups (broad SMARTS) is 1. The monoisotopic (exact) mass is 431 g/mol. The molecule has 31 heavy (non-hydrogen) atoms. The van der Waals surface area contributed by atoms with Crippen LogP contribution >= 0.6 is 0 Å². The zero-order valence-electron chi connectivity index (χ0n) is 18.2. The van der Waals surface area contributed by atoms with Gasteiger partial charge in [-0.15, -0.1) is 0 Å². The second-order valence-corrected chi connectivity index (χ2v) is 8.61. The molecule has 0 aromatic heterocycles. The zero-order chi connectivity index (χ0) is 22.2. The average Bonchev–Trinajstić information content (AvgIpc) is 2.74. The molecule has 1 fully saturated rings. The fourth-order valence-electron chi connectivity index (χ4n) is 4.48. The number of amides is 1. The van der Waals surface area contributed by atoms with E-state index >= 15 is 0 Å². The van der Waals surface area contributed by atoms with Gasteiger partial charge in [0.15, 0.2) is 0 Å². The van der Waals surface area contributed by atoms with Crippen LogP contribution in [0.25, 0.3) is 0 Å². The summed E-state index contributed by atoms with van der Waals surface area (Å²) >= 11 is 0. The van der Waals surface area contributed by atoms with Gasteiger partial charge in [0.2, 0.25) is 5.91 Å². The van der Waals surface area contributed by atoms with Crippen molar-refractivity contribution in [2.45, 2.75) is 63.9 Å². The summed E-state index contributed by atoms with van der Waals surface area (Å²) in [6.45, 7) is 5.17. The standard InChI is InChI=1S/C22H34BN3O5/c1-2-10-24-11-12-25-17-8-6-15(7-9-17)13-20(27)26-19-14-16-4-3-5-18(22(28)29)21(16)31-23(19)30/h3-5,15,17,19,24-25,30H,2,6-14H2,1H3,(H,26,27)(H,28,29)/t15?,17?,19-/m0/s1. The van der Waals surface area contributed by atoms with Gasteiger partial charge in [-0.1, -0.05) is 19.1 Å². The van der Waals surface area contributed by atoms with Crippen molar-refractivity contribution in [3.63, 3.8) is 0 Å². The lowest BCUT2D eigenvalue weighted by Gasteiger charge is -2.31. The lowest BCUT2D eigenvalue weighted by atomic mass is 9.72. The Hall–Kier alpha value is -2.10. The van der Waals surface area contributed by atoms with E-state index in [2.05, 4.69) is 22.9 Å². The van der Waals surface area contributed by atoms with E-state index in [1.165, 1.54) is 6.07 Å². The topological polar surface area (TPSA) is 120 Å². The van der Waals surface area contributed by atoms with Crippen LogP contribution in [0.1, 0.15) is 61.4 Å². The predicted molar refractivity (Wildman–Crippen MR) is 119 cm³/mol. The Morgan fingerprint density at radius 2 is 1.94 bits per heavy atom. The van der Waals surface area contributed by atoms with Gasteiger partial charge >= 0.3 is 13.1 Å². The number of hydrogen-bond acceptors (Lipinski definition) is 6. The van der Waals surface area contributed by atoms with E-state index in [0.717, 1.165) is 51.7 Å². The SMILES string of the molecule is CCCNCCNC1CCC(CC(=O)N[C@H]2Cc3cccc(C(=O)O)c3OB2O)CC1. The van der Waals surface area contributed by atoms with Crippen LogP contribution in [-0.2, 0) is 11.2 Å². The van der Waals surface area contributed by atoms with Crippen molar-refractivity contribution < 1.29 is 24.4 Å². The first kappa shape index (κ1) is 23.6. The first-order valence-corrected chi connectivity index (χ1v) is 11.4. The van der Waals surface area contributed by atoms with Crippen LogP contribution in [0, 0.1) is 5.92 Å². The van der Waals surface area contributed by atoms with E-state index < -0.39 is 19.0 Å². The highest BCUT2D eigenvalue weighted by atomic mass is 16.5. The van der Waals surface area contributed by atoms with Gasteiger partial charge in [-0.2, -0.15) is 0 Å². The van der Waals surface area contributed by atoms with Crippen molar-refractivity contribution in [3.05, 3.63) is 29.3 Å². The molecule has 1 aliphatic heterocycles. The first-order chi connectivity index (χ1) is 15.0. The minimum Gasteiger partial charge on any atom is -0.534 e. The first-order valence-electron chi connectivity index (χ1n) is 11.4. The number of fused-ring (bicyclic) bond motifs is 1. The molecule has 170 valence electrons. The third-order valence-electron chi connectivity index (χ3n) is 6.18. The second kappa shape index (κ2) is 11.5. The molecule has 0 spiro atoms. The van der Waals surface area contributed by atoms with E-state index in [-0.39, 0.29) is 17.2 Å². The van der Waals surface area contributed by atoms with Gasteiger partial charge in [0.1, 0.15) is 5.75 Å². The van der Waals surface area contributed by atoms with Crippen LogP contribution in [-0.4, -0.2) is 60.7 Å². The molecule has 0 bridgehead atoms. The van der Waals surface area contributed by atoms with Crippen LogP contribution in [0.4, 0.5) is 0 Å². The van der Waals surface area contributed by atoms with E-state index in [9.17, 15) is 19.7 Å². The largest absolute Gasteiger partial charge is 0.547 e. The molecular formula is C22H34BN3O5. The van der Waals surface area contributed by atoms with E-state index in [1.54, 1.807) is 12.1 Å². The Bertz CT molecular complexity index is 755. The lowest BCUT2D eigenvalue weighted by molar-refractivity contribution is -0.122. The molecule has 1 heterocycles. The summed E-state index contributed by atoms with van der Waals surface area (Å²) in [5.41, 5.74) is 0.698. The van der Waals surface area contributed by atoms with Gasteiger partial charge in [0.25, 0.3) is 0 Å². The van der Waals surface area contributed by atoms with E-state index in [0.29, 0.717) is 30.4 Å². The molecule has 1 atom stereocenters. The number of rotatable bonds is 10. The number of nitrogens with one attached hydrogen (secondary N) is 3. The summed E-state index contributed by atoms with van der Waals surface area (Å²) in [5, 5.41) is 29.5. The van der Waals surface area contributed by atoms with Crippen molar-refractivity contribution in [1.82, 2.24) is 16.0 Å². The average molecular weight is 431 g/mol. The van der Waals surface area contributed by atoms with Crippen LogP contribution < -0.4 is 20.6 Å². The number of aromatic carboxylic acids is 1. The molecule has 1 aromatic carbocycles. The number of carbonyl (C=O) groups is 2. The van der Waals surface area contributed by atoms with Crippen molar-refractivity contribution in [3.8, 4) is 5.75 Å². The third-order valence-corrected chi connectivity index (χ3v) is 6.18. The molecular weight excluding hydrogens is 397 g/mol. The maximum Gasteiger partial charge on any atom is 0.547 e. The van der Waals surface area contributed by atoms with Gasteiger partial charge in [-0.25, -0.2) is 4.79 Å². The minimum absolute atomic E-state index is 0.0211. The lowest BCUT2D eigenvalue weighted by Crippen LogP contribution is -2.53. The molecule has 1 amide bonds. The molecule has 0 saturated heterocycles. The molecule has 1 aromatic rings.